The Hall–Kier alpha value is -2.81. The van der Waals surface area contributed by atoms with E-state index < -0.39 is 5.69 Å². The molecule has 2 aromatic heterocycles. The number of aryl methyl sites for hydroxylation is 2. The summed E-state index contributed by atoms with van der Waals surface area (Å²) in [5, 5.41) is 3.30. The molecule has 3 rings (SSSR count). The summed E-state index contributed by atoms with van der Waals surface area (Å²) in [6.45, 7) is 1.45. The van der Waals surface area contributed by atoms with E-state index in [1.165, 1.54) is 30.3 Å². The van der Waals surface area contributed by atoms with Gasteiger partial charge >= 0.3 is 5.69 Å². The smallest absolute Gasteiger partial charge is 0.326 e. The molecule has 0 unspecified atom stereocenters. The van der Waals surface area contributed by atoms with E-state index >= 15 is 0 Å². The number of anilines is 1. The van der Waals surface area contributed by atoms with Gasteiger partial charge in [-0.1, -0.05) is 11.8 Å². The molecule has 9 heteroatoms. The fourth-order valence-corrected chi connectivity index (χ4v) is 3.35. The number of hydrogen-bond acceptors (Lipinski definition) is 5. The van der Waals surface area contributed by atoms with Crippen molar-refractivity contribution in [1.82, 2.24) is 18.7 Å². The molecule has 0 atom stereocenters. The molecule has 1 amide bonds. The van der Waals surface area contributed by atoms with Crippen molar-refractivity contribution < 1.29 is 4.79 Å². The van der Waals surface area contributed by atoms with Crippen molar-refractivity contribution in [2.75, 3.05) is 5.32 Å². The van der Waals surface area contributed by atoms with Gasteiger partial charge in [-0.2, -0.15) is 0 Å². The Morgan fingerprint density at radius 3 is 2.28 bits per heavy atom. The number of imidazole rings is 1. The lowest BCUT2D eigenvalue weighted by Crippen LogP contribution is -2.37. The van der Waals surface area contributed by atoms with Gasteiger partial charge in [-0.15, -0.1) is 0 Å². The van der Waals surface area contributed by atoms with E-state index in [0.717, 1.165) is 9.46 Å². The normalized spacial score (nSPS) is 11.0. The molecule has 2 heterocycles. The zero-order valence-electron chi connectivity index (χ0n) is 14.2. The van der Waals surface area contributed by atoms with Crippen LogP contribution in [0.5, 0.6) is 0 Å². The summed E-state index contributed by atoms with van der Waals surface area (Å²) in [5.74, 6) is -0.132. The van der Waals surface area contributed by atoms with E-state index in [2.05, 4.69) is 10.3 Å². The molecular formula is C16H17N5O3S. The Labute approximate surface area is 147 Å². The number of nitrogens with zero attached hydrogens (tertiary/aromatic N) is 4. The molecule has 25 heavy (non-hydrogen) atoms. The molecule has 0 radical (unpaired) electrons. The van der Waals surface area contributed by atoms with Gasteiger partial charge in [0.25, 0.3) is 5.56 Å². The first kappa shape index (κ1) is 17.0. The quantitative estimate of drug-likeness (QED) is 0.756. The highest BCUT2D eigenvalue weighted by molar-refractivity contribution is 7.99. The fraction of sp³-hybridized carbons (Fsp3) is 0.250. The number of amides is 1. The second-order valence-corrected chi connectivity index (χ2v) is 6.68. The first-order valence-corrected chi connectivity index (χ1v) is 8.29. The topological polar surface area (TPSA) is 90.9 Å². The van der Waals surface area contributed by atoms with Crippen LogP contribution in [0.3, 0.4) is 0 Å². The van der Waals surface area contributed by atoms with Crippen LogP contribution < -0.4 is 16.6 Å². The van der Waals surface area contributed by atoms with Crippen molar-refractivity contribution in [2.45, 2.75) is 17.0 Å². The van der Waals surface area contributed by atoms with Crippen molar-refractivity contribution in [2.24, 2.45) is 21.1 Å². The average molecular weight is 359 g/mol. The minimum atomic E-state index is -0.410. The lowest BCUT2D eigenvalue weighted by Gasteiger charge is -2.05. The van der Waals surface area contributed by atoms with Gasteiger partial charge in [-0.3, -0.25) is 18.7 Å². The van der Waals surface area contributed by atoms with Gasteiger partial charge < -0.3 is 9.88 Å². The summed E-state index contributed by atoms with van der Waals surface area (Å²) in [7, 11) is 4.79. The number of hydrogen-bond donors (Lipinski definition) is 1. The Bertz CT molecular complexity index is 1090. The zero-order valence-corrected chi connectivity index (χ0v) is 15.0. The van der Waals surface area contributed by atoms with Gasteiger partial charge in [0.05, 0.1) is 0 Å². The fourth-order valence-electron chi connectivity index (χ4n) is 2.50. The highest BCUT2D eigenvalue weighted by Gasteiger charge is 2.17. The van der Waals surface area contributed by atoms with E-state index in [1.807, 2.05) is 12.1 Å². The molecule has 8 nitrogen and oxygen atoms in total. The maximum atomic E-state index is 12.4. The number of carbonyl (C=O) groups excluding carboxylic acids is 1. The summed E-state index contributed by atoms with van der Waals surface area (Å²) < 4.78 is 4.12. The molecule has 0 aliphatic rings. The number of nitrogens with one attached hydrogen (secondary N) is 1. The minimum absolute atomic E-state index is 0.132. The van der Waals surface area contributed by atoms with Crippen LogP contribution in [0.2, 0.25) is 0 Å². The predicted molar refractivity (Wildman–Crippen MR) is 96.1 cm³/mol. The van der Waals surface area contributed by atoms with Crippen molar-refractivity contribution in [1.29, 1.82) is 0 Å². The number of benzene rings is 1. The number of fused-ring (bicyclic) bond motifs is 1. The van der Waals surface area contributed by atoms with E-state index in [-0.39, 0.29) is 11.5 Å². The van der Waals surface area contributed by atoms with Gasteiger partial charge in [0, 0.05) is 38.6 Å². The monoisotopic (exact) mass is 359 g/mol. The van der Waals surface area contributed by atoms with Crippen molar-refractivity contribution >= 4 is 34.5 Å². The third-order valence-corrected chi connectivity index (χ3v) is 4.87. The summed E-state index contributed by atoms with van der Waals surface area (Å²) >= 11 is 1.37. The van der Waals surface area contributed by atoms with Crippen LogP contribution >= 0.6 is 11.8 Å². The molecule has 1 aromatic carbocycles. The number of aromatic nitrogens is 4. The van der Waals surface area contributed by atoms with Crippen LogP contribution in [-0.4, -0.2) is 24.6 Å². The molecule has 0 spiro atoms. The van der Waals surface area contributed by atoms with Crippen LogP contribution in [0.15, 0.2) is 43.9 Å². The molecular weight excluding hydrogens is 342 g/mol. The maximum Gasteiger partial charge on any atom is 0.332 e. The van der Waals surface area contributed by atoms with Gasteiger partial charge in [0.15, 0.2) is 16.3 Å². The zero-order chi connectivity index (χ0) is 18.3. The Balaban J connectivity index is 2.03. The summed E-state index contributed by atoms with van der Waals surface area (Å²) in [6.07, 6.45) is 0. The molecule has 130 valence electrons. The Morgan fingerprint density at radius 2 is 1.68 bits per heavy atom. The van der Waals surface area contributed by atoms with Crippen molar-refractivity contribution in [3.8, 4) is 0 Å². The Kier molecular flexibility index (Phi) is 4.25. The summed E-state index contributed by atoms with van der Waals surface area (Å²) in [5.41, 5.74) is 0.654. The van der Waals surface area contributed by atoms with E-state index in [9.17, 15) is 14.4 Å². The lowest BCUT2D eigenvalue weighted by atomic mass is 10.3. The van der Waals surface area contributed by atoms with E-state index in [1.54, 1.807) is 30.8 Å². The Morgan fingerprint density at radius 1 is 1.04 bits per heavy atom. The third-order valence-electron chi connectivity index (χ3n) is 3.82. The van der Waals surface area contributed by atoms with E-state index in [0.29, 0.717) is 22.0 Å². The molecule has 1 N–H and O–H groups in total. The number of carbonyl (C=O) groups is 1. The molecule has 0 saturated carbocycles. The van der Waals surface area contributed by atoms with Crippen molar-refractivity contribution in [3.63, 3.8) is 0 Å². The SMILES string of the molecule is CC(=O)Nc1ccc(Sc2nc3c(c(=O)n(C)c(=O)n3C)n2C)cc1. The predicted octanol–water partition coefficient (Wildman–Crippen LogP) is 1.08. The van der Waals surface area contributed by atoms with Crippen LogP contribution in [0.1, 0.15) is 6.92 Å². The highest BCUT2D eigenvalue weighted by atomic mass is 32.2. The van der Waals surface area contributed by atoms with Crippen LogP contribution in [0.4, 0.5) is 5.69 Å². The second kappa shape index (κ2) is 6.25. The van der Waals surface area contributed by atoms with Gasteiger partial charge in [-0.25, -0.2) is 9.78 Å². The first-order valence-electron chi connectivity index (χ1n) is 7.47. The molecule has 3 aromatic rings. The molecule has 0 saturated heterocycles. The van der Waals surface area contributed by atoms with Crippen LogP contribution in [0.25, 0.3) is 11.2 Å². The standard InChI is InChI=1S/C16H17N5O3S/c1-9(22)17-10-5-7-11(8-6-10)25-15-18-13-12(19(15)2)14(23)21(4)16(24)20(13)3/h5-8H,1-4H3,(H,17,22). The van der Waals surface area contributed by atoms with Gasteiger partial charge in [0.1, 0.15) is 0 Å². The van der Waals surface area contributed by atoms with Crippen molar-refractivity contribution in [3.05, 3.63) is 45.1 Å². The molecule has 0 aliphatic heterocycles. The first-order chi connectivity index (χ1) is 11.8. The van der Waals surface area contributed by atoms with Gasteiger partial charge in [0.2, 0.25) is 5.91 Å². The number of rotatable bonds is 3. The van der Waals surface area contributed by atoms with Gasteiger partial charge in [-0.05, 0) is 24.3 Å². The maximum absolute atomic E-state index is 12.4. The third kappa shape index (κ3) is 2.98. The minimum Gasteiger partial charge on any atom is -0.326 e. The van der Waals surface area contributed by atoms with Crippen LogP contribution in [-0.2, 0) is 25.9 Å². The molecule has 0 aliphatic carbocycles. The largest absolute Gasteiger partial charge is 0.332 e. The van der Waals surface area contributed by atoms with E-state index in [4.69, 9.17) is 0 Å². The second-order valence-electron chi connectivity index (χ2n) is 5.64. The molecule has 0 fully saturated rings. The molecule has 0 bridgehead atoms. The summed E-state index contributed by atoms with van der Waals surface area (Å²) in [6, 6.07) is 7.29. The summed E-state index contributed by atoms with van der Waals surface area (Å²) in [4.78, 5) is 40.8. The highest BCUT2D eigenvalue weighted by Crippen LogP contribution is 2.29. The lowest BCUT2D eigenvalue weighted by molar-refractivity contribution is -0.114. The van der Waals surface area contributed by atoms with Crippen LogP contribution in [0, 0.1) is 0 Å². The average Bonchev–Trinajstić information content (AvgIpc) is 2.89.